The third-order valence-electron chi connectivity index (χ3n) is 4.50. The smallest absolute Gasteiger partial charge is 0.276 e. The molecule has 0 saturated carbocycles. The number of pyridine rings is 1. The van der Waals surface area contributed by atoms with Gasteiger partial charge in [0.05, 0.1) is 0 Å². The Hall–Kier alpha value is -1.84. The lowest BCUT2D eigenvalue weighted by atomic mass is 9.71. The third kappa shape index (κ3) is 2.42. The number of hydrogen-bond acceptors (Lipinski definition) is 3. The lowest BCUT2D eigenvalue weighted by Gasteiger charge is -2.43. The molecule has 2 heterocycles. The second-order valence-electron chi connectivity index (χ2n) is 5.92. The van der Waals surface area contributed by atoms with E-state index < -0.39 is 0 Å². The van der Waals surface area contributed by atoms with Gasteiger partial charge in [0.15, 0.2) is 5.69 Å². The molecule has 1 aliphatic carbocycles. The summed E-state index contributed by atoms with van der Waals surface area (Å²) in [5.74, 6) is -0.169. The number of allylic oxidation sites excluding steroid dienone is 2. The summed E-state index contributed by atoms with van der Waals surface area (Å²) >= 11 is 0. The number of rotatable bonds is 1. The molecule has 20 heavy (non-hydrogen) atoms. The van der Waals surface area contributed by atoms with Gasteiger partial charge in [0.1, 0.15) is 5.75 Å². The summed E-state index contributed by atoms with van der Waals surface area (Å²) in [5, 5.41) is 9.79. The second kappa shape index (κ2) is 5.27. The first-order valence-electron chi connectivity index (χ1n) is 7.28. The molecule has 1 N–H and O–H groups in total. The molecular weight excluding hydrogens is 252 g/mol. The highest BCUT2D eigenvalue weighted by molar-refractivity contribution is 5.94. The summed E-state index contributed by atoms with van der Waals surface area (Å²) in [5.41, 5.74) is 0.420. The molecule has 2 aliphatic rings. The van der Waals surface area contributed by atoms with Gasteiger partial charge in [-0.05, 0) is 49.7 Å². The summed E-state index contributed by atoms with van der Waals surface area (Å²) < 4.78 is 0. The van der Waals surface area contributed by atoms with E-state index in [9.17, 15) is 9.90 Å². The Balaban J connectivity index is 1.79. The van der Waals surface area contributed by atoms with Gasteiger partial charge in [-0.15, -0.1) is 0 Å². The van der Waals surface area contributed by atoms with Crippen molar-refractivity contribution in [1.29, 1.82) is 0 Å². The second-order valence-corrected chi connectivity index (χ2v) is 5.92. The van der Waals surface area contributed by atoms with E-state index in [1.807, 2.05) is 4.90 Å². The zero-order valence-electron chi connectivity index (χ0n) is 11.6. The van der Waals surface area contributed by atoms with Crippen molar-refractivity contribution in [1.82, 2.24) is 9.88 Å². The highest BCUT2D eigenvalue weighted by Crippen LogP contribution is 2.41. The summed E-state index contributed by atoms with van der Waals surface area (Å²) in [7, 11) is 0. The molecular formula is C16H20N2O2. The summed E-state index contributed by atoms with van der Waals surface area (Å²) in [4.78, 5) is 18.4. The number of nitrogens with zero attached hydrogens (tertiary/aromatic N) is 2. The first kappa shape index (κ1) is 13.2. The van der Waals surface area contributed by atoms with Gasteiger partial charge in [-0.25, -0.2) is 4.98 Å². The molecule has 1 fully saturated rings. The molecule has 1 spiro atoms. The van der Waals surface area contributed by atoms with Crippen LogP contribution in [0.1, 0.15) is 42.6 Å². The van der Waals surface area contributed by atoms with E-state index in [2.05, 4.69) is 17.1 Å². The van der Waals surface area contributed by atoms with Gasteiger partial charge >= 0.3 is 0 Å². The molecule has 4 nitrogen and oxygen atoms in total. The lowest BCUT2D eigenvalue weighted by Crippen LogP contribution is -2.46. The molecule has 0 bridgehead atoms. The van der Waals surface area contributed by atoms with Gasteiger partial charge in [0.2, 0.25) is 0 Å². The van der Waals surface area contributed by atoms with E-state index in [1.165, 1.54) is 12.5 Å². The number of likely N-dealkylation sites (tertiary alicyclic amines) is 1. The Labute approximate surface area is 119 Å². The molecule has 1 aliphatic heterocycles. The predicted molar refractivity (Wildman–Crippen MR) is 76.5 cm³/mol. The molecule has 1 aromatic heterocycles. The van der Waals surface area contributed by atoms with Crippen LogP contribution < -0.4 is 0 Å². The van der Waals surface area contributed by atoms with E-state index in [4.69, 9.17) is 0 Å². The van der Waals surface area contributed by atoms with Gasteiger partial charge in [-0.2, -0.15) is 0 Å². The number of carbonyl (C=O) groups excluding carboxylic acids is 1. The molecule has 1 atom stereocenters. The van der Waals surface area contributed by atoms with Gasteiger partial charge in [0, 0.05) is 19.3 Å². The van der Waals surface area contributed by atoms with Crippen molar-refractivity contribution in [3.63, 3.8) is 0 Å². The highest BCUT2D eigenvalue weighted by atomic mass is 16.3. The summed E-state index contributed by atoms with van der Waals surface area (Å²) in [6.07, 6.45) is 11.6. The SMILES string of the molecule is O=C(c1ncccc1O)N1CCCC2(CC=CCC2)C1. The fraction of sp³-hybridized carbons (Fsp3) is 0.500. The molecule has 1 amide bonds. The first-order valence-corrected chi connectivity index (χ1v) is 7.28. The summed E-state index contributed by atoms with van der Waals surface area (Å²) in [6.45, 7) is 1.55. The molecule has 3 rings (SSSR count). The summed E-state index contributed by atoms with van der Waals surface area (Å²) in [6, 6.07) is 3.15. The van der Waals surface area contributed by atoms with Crippen LogP contribution in [0.25, 0.3) is 0 Å². The predicted octanol–water partition coefficient (Wildman–Crippen LogP) is 2.75. The van der Waals surface area contributed by atoms with Gasteiger partial charge in [-0.1, -0.05) is 12.2 Å². The Morgan fingerprint density at radius 2 is 2.25 bits per heavy atom. The van der Waals surface area contributed by atoms with Crippen LogP contribution in [0.4, 0.5) is 0 Å². The third-order valence-corrected chi connectivity index (χ3v) is 4.50. The van der Waals surface area contributed by atoms with E-state index in [1.54, 1.807) is 12.3 Å². The van der Waals surface area contributed by atoms with Gasteiger partial charge in [-0.3, -0.25) is 4.79 Å². The van der Waals surface area contributed by atoms with Crippen LogP contribution in [-0.4, -0.2) is 34.0 Å². The monoisotopic (exact) mass is 272 g/mol. The van der Waals surface area contributed by atoms with Gasteiger partial charge < -0.3 is 10.0 Å². The van der Waals surface area contributed by atoms with Crippen LogP contribution in [0.15, 0.2) is 30.5 Å². The average molecular weight is 272 g/mol. The van der Waals surface area contributed by atoms with E-state index in [-0.39, 0.29) is 22.8 Å². The number of piperidine rings is 1. The van der Waals surface area contributed by atoms with Crippen LogP contribution in [0.3, 0.4) is 0 Å². The van der Waals surface area contributed by atoms with Crippen molar-refractivity contribution < 1.29 is 9.90 Å². The van der Waals surface area contributed by atoms with Crippen LogP contribution in [0.5, 0.6) is 5.75 Å². The van der Waals surface area contributed by atoms with Gasteiger partial charge in [0.25, 0.3) is 5.91 Å². The minimum absolute atomic E-state index is 0.0272. The van der Waals surface area contributed by atoms with Crippen molar-refractivity contribution in [2.24, 2.45) is 5.41 Å². The fourth-order valence-electron chi connectivity index (χ4n) is 3.41. The highest BCUT2D eigenvalue weighted by Gasteiger charge is 2.37. The largest absolute Gasteiger partial charge is 0.505 e. The topological polar surface area (TPSA) is 53.4 Å². The maximum absolute atomic E-state index is 12.5. The minimum atomic E-state index is -0.142. The van der Waals surface area contributed by atoms with Crippen molar-refractivity contribution >= 4 is 5.91 Å². The molecule has 1 saturated heterocycles. The standard InChI is InChI=1S/C16H20N2O2/c19-13-6-4-10-17-14(13)15(20)18-11-5-9-16(12-18)7-2-1-3-8-16/h1-2,4,6,10,19H,3,5,7-9,11-12H2. The maximum atomic E-state index is 12.5. The van der Waals surface area contributed by atoms with E-state index in [0.717, 1.165) is 38.8 Å². The first-order chi connectivity index (χ1) is 9.70. The quantitative estimate of drug-likeness (QED) is 0.800. The Morgan fingerprint density at radius 3 is 3.00 bits per heavy atom. The number of aromatic hydroxyl groups is 1. The number of aromatic nitrogens is 1. The van der Waals surface area contributed by atoms with Crippen LogP contribution >= 0.6 is 0 Å². The zero-order chi connectivity index (χ0) is 14.0. The van der Waals surface area contributed by atoms with E-state index >= 15 is 0 Å². The molecule has 0 radical (unpaired) electrons. The molecule has 1 aromatic rings. The molecule has 106 valence electrons. The van der Waals surface area contributed by atoms with Crippen molar-refractivity contribution in [2.75, 3.05) is 13.1 Å². The molecule has 4 heteroatoms. The molecule has 1 unspecified atom stereocenters. The Morgan fingerprint density at radius 1 is 1.35 bits per heavy atom. The Kier molecular flexibility index (Phi) is 3.47. The van der Waals surface area contributed by atoms with Crippen molar-refractivity contribution in [2.45, 2.75) is 32.1 Å². The van der Waals surface area contributed by atoms with Crippen molar-refractivity contribution in [3.8, 4) is 5.75 Å². The normalized spacial score (nSPS) is 25.9. The number of hydrogen-bond donors (Lipinski definition) is 1. The zero-order valence-corrected chi connectivity index (χ0v) is 11.6. The fourth-order valence-corrected chi connectivity index (χ4v) is 3.41. The van der Waals surface area contributed by atoms with Crippen molar-refractivity contribution in [3.05, 3.63) is 36.2 Å². The number of amides is 1. The Bertz CT molecular complexity index is 541. The number of carbonyl (C=O) groups is 1. The average Bonchev–Trinajstić information content (AvgIpc) is 2.48. The maximum Gasteiger partial charge on any atom is 0.276 e. The minimum Gasteiger partial charge on any atom is -0.505 e. The van der Waals surface area contributed by atoms with Crippen LogP contribution in [0.2, 0.25) is 0 Å². The van der Waals surface area contributed by atoms with E-state index in [0.29, 0.717) is 0 Å². The van der Waals surface area contributed by atoms with Crippen LogP contribution in [-0.2, 0) is 0 Å². The van der Waals surface area contributed by atoms with Crippen LogP contribution in [0, 0.1) is 5.41 Å². The lowest BCUT2D eigenvalue weighted by molar-refractivity contribution is 0.0476. The molecule has 0 aromatic carbocycles.